The maximum absolute atomic E-state index is 2.63. The van der Waals surface area contributed by atoms with E-state index in [2.05, 4.69) is 76.3 Å². The van der Waals surface area contributed by atoms with E-state index in [0.717, 1.165) is 46.6 Å². The number of fused-ring (bicyclic) bond motifs is 2. The second kappa shape index (κ2) is 7.89. The summed E-state index contributed by atoms with van der Waals surface area (Å²) in [6.07, 6.45) is 25.6. The van der Waals surface area contributed by atoms with Crippen LogP contribution >= 0.6 is 0 Å². The van der Waals surface area contributed by atoms with Crippen LogP contribution in [0.5, 0.6) is 0 Å². The Balaban J connectivity index is 1.69. The zero-order chi connectivity index (χ0) is 19.0. The molecule has 0 heterocycles. The highest BCUT2D eigenvalue weighted by molar-refractivity contribution is 6.82. The fraction of sp³-hybridized carbons (Fsp3) is 0.692. The van der Waals surface area contributed by atoms with Gasteiger partial charge in [-0.15, -0.1) is 0 Å². The Bertz CT molecular complexity index is 635. The molecule has 0 nitrogen and oxygen atoms in total. The van der Waals surface area contributed by atoms with Crippen molar-refractivity contribution in [2.75, 3.05) is 0 Å². The Labute approximate surface area is 168 Å². The van der Waals surface area contributed by atoms with Crippen molar-refractivity contribution < 1.29 is 0 Å². The van der Waals surface area contributed by atoms with Crippen molar-refractivity contribution in [1.82, 2.24) is 0 Å². The van der Waals surface area contributed by atoms with Crippen LogP contribution in [-0.4, -0.2) is 8.07 Å². The summed E-state index contributed by atoms with van der Waals surface area (Å²) >= 11 is 0. The molecule has 4 aliphatic carbocycles. The number of hydrogen-bond donors (Lipinski definition) is 0. The Morgan fingerprint density at radius 2 is 1.22 bits per heavy atom. The van der Waals surface area contributed by atoms with E-state index in [1.807, 2.05) is 0 Å². The van der Waals surface area contributed by atoms with E-state index in [4.69, 9.17) is 0 Å². The molecule has 0 N–H and O–H groups in total. The molecule has 1 heteroatoms. The zero-order valence-corrected chi connectivity index (χ0v) is 19.0. The summed E-state index contributed by atoms with van der Waals surface area (Å²) in [7, 11) is -1.38. The van der Waals surface area contributed by atoms with Gasteiger partial charge in [-0.25, -0.2) is 0 Å². The van der Waals surface area contributed by atoms with Crippen molar-refractivity contribution in [3.63, 3.8) is 0 Å². The molecule has 148 valence electrons. The standard InChI is InChI=1S/C26H40Si/c1-5-12-20-18-26(24-16-11-9-14-22(20)24)27(6-2,7-3)25-17-19(4)21-13-8-10-15-23(21)25/h8-11,13-16,19-26H,5-7,12,17-18H2,1-4H3. The molecular formula is C26H40Si. The predicted molar refractivity (Wildman–Crippen MR) is 122 cm³/mol. The van der Waals surface area contributed by atoms with Crippen LogP contribution in [0.2, 0.25) is 23.2 Å². The molecule has 4 rings (SSSR count). The zero-order valence-electron chi connectivity index (χ0n) is 18.0. The van der Waals surface area contributed by atoms with Gasteiger partial charge in [-0.05, 0) is 59.4 Å². The summed E-state index contributed by atoms with van der Waals surface area (Å²) in [5, 5.41) is 0. The van der Waals surface area contributed by atoms with Crippen molar-refractivity contribution in [3.05, 3.63) is 48.6 Å². The molecule has 2 fully saturated rings. The summed E-state index contributed by atoms with van der Waals surface area (Å²) in [6, 6.07) is 2.98. The highest BCUT2D eigenvalue weighted by Gasteiger charge is 2.57. The maximum Gasteiger partial charge on any atom is 0.0604 e. The summed E-state index contributed by atoms with van der Waals surface area (Å²) < 4.78 is 0. The van der Waals surface area contributed by atoms with Gasteiger partial charge in [0.15, 0.2) is 0 Å². The minimum Gasteiger partial charge on any atom is -0.0808 e. The molecule has 0 radical (unpaired) electrons. The average Bonchev–Trinajstić information content (AvgIpc) is 3.24. The molecule has 0 spiro atoms. The van der Waals surface area contributed by atoms with Crippen LogP contribution < -0.4 is 0 Å². The third-order valence-corrected chi connectivity index (χ3v) is 16.0. The van der Waals surface area contributed by atoms with Crippen molar-refractivity contribution in [2.24, 2.45) is 35.5 Å². The normalized spacial score (nSPS) is 42.5. The Kier molecular flexibility index (Phi) is 5.70. The molecule has 0 bridgehead atoms. The molecule has 0 aromatic heterocycles. The third kappa shape index (κ3) is 3.09. The first-order valence-corrected chi connectivity index (χ1v) is 14.4. The minimum absolute atomic E-state index is 0.815. The van der Waals surface area contributed by atoms with Gasteiger partial charge in [-0.3, -0.25) is 0 Å². The van der Waals surface area contributed by atoms with Crippen molar-refractivity contribution in [3.8, 4) is 0 Å². The number of rotatable bonds is 6. The van der Waals surface area contributed by atoms with Gasteiger partial charge in [-0.1, -0.05) is 101 Å². The van der Waals surface area contributed by atoms with Gasteiger partial charge >= 0.3 is 0 Å². The lowest BCUT2D eigenvalue weighted by Crippen LogP contribution is -2.46. The molecule has 0 amide bonds. The lowest BCUT2D eigenvalue weighted by molar-refractivity contribution is 0.390. The fourth-order valence-electron chi connectivity index (χ4n) is 7.97. The minimum atomic E-state index is -1.38. The van der Waals surface area contributed by atoms with E-state index in [0.29, 0.717) is 0 Å². The van der Waals surface area contributed by atoms with Crippen LogP contribution in [0.3, 0.4) is 0 Å². The van der Waals surface area contributed by atoms with E-state index >= 15 is 0 Å². The monoisotopic (exact) mass is 380 g/mol. The summed E-state index contributed by atoms with van der Waals surface area (Å²) in [4.78, 5) is 0. The molecule has 2 saturated carbocycles. The van der Waals surface area contributed by atoms with Crippen molar-refractivity contribution >= 4 is 8.07 Å². The maximum atomic E-state index is 2.63. The second-order valence-corrected chi connectivity index (χ2v) is 15.4. The smallest absolute Gasteiger partial charge is 0.0604 e. The second-order valence-electron chi connectivity index (χ2n) is 10.00. The lowest BCUT2D eigenvalue weighted by Gasteiger charge is -2.46. The van der Waals surface area contributed by atoms with E-state index in [9.17, 15) is 0 Å². The predicted octanol–water partition coefficient (Wildman–Crippen LogP) is 7.79. The number of allylic oxidation sites excluding steroid dienone is 8. The Morgan fingerprint density at radius 1 is 0.704 bits per heavy atom. The molecule has 0 aliphatic heterocycles. The van der Waals surface area contributed by atoms with Crippen LogP contribution in [0, 0.1) is 35.5 Å². The SMILES string of the molecule is CCCC1CC([Si](CC)(CC)C2CC(C)C3C=CC=CC32)C2C=CC=CC12. The van der Waals surface area contributed by atoms with E-state index in [1.54, 1.807) is 0 Å². The molecule has 8 atom stereocenters. The van der Waals surface area contributed by atoms with Crippen LogP contribution in [0.15, 0.2) is 48.6 Å². The van der Waals surface area contributed by atoms with Crippen molar-refractivity contribution in [2.45, 2.75) is 76.5 Å². The van der Waals surface area contributed by atoms with Gasteiger partial charge in [0.2, 0.25) is 0 Å². The van der Waals surface area contributed by atoms with Gasteiger partial charge in [0.1, 0.15) is 0 Å². The Morgan fingerprint density at radius 3 is 1.81 bits per heavy atom. The van der Waals surface area contributed by atoms with Gasteiger partial charge < -0.3 is 0 Å². The summed E-state index contributed by atoms with van der Waals surface area (Å²) in [6.45, 7) is 10.1. The molecule has 0 saturated heterocycles. The molecule has 8 unspecified atom stereocenters. The highest BCUT2D eigenvalue weighted by Crippen LogP contribution is 2.63. The Hall–Kier alpha value is -0.823. The number of hydrogen-bond acceptors (Lipinski definition) is 0. The van der Waals surface area contributed by atoms with Crippen LogP contribution in [0.25, 0.3) is 0 Å². The van der Waals surface area contributed by atoms with Crippen LogP contribution in [0.1, 0.15) is 53.4 Å². The van der Waals surface area contributed by atoms with Gasteiger partial charge in [0.05, 0.1) is 8.07 Å². The van der Waals surface area contributed by atoms with Gasteiger partial charge in [0, 0.05) is 0 Å². The topological polar surface area (TPSA) is 0 Å². The first-order chi connectivity index (χ1) is 13.2. The van der Waals surface area contributed by atoms with Gasteiger partial charge in [0.25, 0.3) is 0 Å². The average molecular weight is 381 g/mol. The molecule has 0 aromatic carbocycles. The summed E-state index contributed by atoms with van der Waals surface area (Å²) in [5.41, 5.74) is 2.00. The third-order valence-electron chi connectivity index (χ3n) is 9.21. The van der Waals surface area contributed by atoms with E-state index in [-0.39, 0.29) is 0 Å². The molecule has 4 aliphatic rings. The molecular weight excluding hydrogens is 340 g/mol. The first kappa shape index (κ1) is 19.5. The molecule has 0 aromatic rings. The fourth-order valence-corrected chi connectivity index (χ4v) is 14.9. The van der Waals surface area contributed by atoms with E-state index < -0.39 is 8.07 Å². The van der Waals surface area contributed by atoms with E-state index in [1.165, 1.54) is 37.8 Å². The lowest BCUT2D eigenvalue weighted by atomic mass is 9.84. The van der Waals surface area contributed by atoms with Crippen LogP contribution in [-0.2, 0) is 0 Å². The van der Waals surface area contributed by atoms with Crippen molar-refractivity contribution in [1.29, 1.82) is 0 Å². The van der Waals surface area contributed by atoms with Crippen LogP contribution in [0.4, 0.5) is 0 Å². The quantitative estimate of drug-likeness (QED) is 0.412. The largest absolute Gasteiger partial charge is 0.0808 e. The first-order valence-electron chi connectivity index (χ1n) is 11.9. The van der Waals surface area contributed by atoms with Gasteiger partial charge in [-0.2, -0.15) is 0 Å². The highest BCUT2D eigenvalue weighted by atomic mass is 28.3. The molecule has 27 heavy (non-hydrogen) atoms. The summed E-state index contributed by atoms with van der Waals surface area (Å²) in [5.74, 6) is 5.14.